The van der Waals surface area contributed by atoms with Gasteiger partial charge in [0.2, 0.25) is 0 Å². The van der Waals surface area contributed by atoms with E-state index in [0.29, 0.717) is 22.2 Å². The van der Waals surface area contributed by atoms with Crippen molar-refractivity contribution in [3.05, 3.63) is 64.9 Å². The molecule has 0 saturated carbocycles. The van der Waals surface area contributed by atoms with Crippen LogP contribution in [0.2, 0.25) is 0 Å². The Hall–Kier alpha value is -2.66. The molecule has 0 bridgehead atoms. The van der Waals surface area contributed by atoms with Crippen molar-refractivity contribution in [1.82, 2.24) is 5.32 Å². The van der Waals surface area contributed by atoms with E-state index in [1.165, 1.54) is 10.5 Å². The van der Waals surface area contributed by atoms with E-state index in [-0.39, 0.29) is 5.91 Å². The summed E-state index contributed by atoms with van der Waals surface area (Å²) in [6.07, 6.45) is 1.84. The predicted molar refractivity (Wildman–Crippen MR) is 100 cm³/mol. The standard InChI is InChI=1S/C19H18N2O2S/c1-12-7-8-14(13(2)9-12)10-17-18(22)21(19(24)20-17)15-5-4-6-16(11-15)23-3/h4-11H,1-3H3,(H,20,24)/b17-10-. The summed E-state index contributed by atoms with van der Waals surface area (Å²) in [7, 11) is 1.59. The number of nitrogens with zero attached hydrogens (tertiary/aromatic N) is 1. The lowest BCUT2D eigenvalue weighted by molar-refractivity contribution is -0.113. The molecule has 122 valence electrons. The van der Waals surface area contributed by atoms with Crippen LogP contribution in [0.25, 0.3) is 6.08 Å². The minimum atomic E-state index is -0.173. The lowest BCUT2D eigenvalue weighted by Crippen LogP contribution is -2.30. The van der Waals surface area contributed by atoms with Crippen LogP contribution in [0.4, 0.5) is 5.69 Å². The Kier molecular flexibility index (Phi) is 4.36. The van der Waals surface area contributed by atoms with E-state index in [9.17, 15) is 4.79 Å². The molecule has 3 rings (SSSR count). The molecule has 1 N–H and O–H groups in total. The monoisotopic (exact) mass is 338 g/mol. The Labute approximate surface area is 146 Å². The summed E-state index contributed by atoms with van der Waals surface area (Å²) < 4.78 is 5.22. The second-order valence-electron chi connectivity index (χ2n) is 5.69. The highest BCUT2D eigenvalue weighted by Gasteiger charge is 2.32. The Bertz CT molecular complexity index is 858. The van der Waals surface area contributed by atoms with Gasteiger partial charge in [0.1, 0.15) is 11.4 Å². The first kappa shape index (κ1) is 16.2. The van der Waals surface area contributed by atoms with Crippen LogP contribution in [-0.4, -0.2) is 18.1 Å². The number of carbonyl (C=O) groups excluding carboxylic acids is 1. The average Bonchev–Trinajstić information content (AvgIpc) is 2.84. The largest absolute Gasteiger partial charge is 0.497 e. The molecule has 1 fully saturated rings. The van der Waals surface area contributed by atoms with E-state index in [4.69, 9.17) is 17.0 Å². The number of amides is 1. The van der Waals surface area contributed by atoms with Gasteiger partial charge < -0.3 is 10.1 Å². The number of benzene rings is 2. The number of ether oxygens (including phenoxy) is 1. The first-order chi connectivity index (χ1) is 11.5. The quantitative estimate of drug-likeness (QED) is 0.686. The smallest absolute Gasteiger partial charge is 0.281 e. The molecule has 0 aromatic heterocycles. The summed E-state index contributed by atoms with van der Waals surface area (Å²) in [6, 6.07) is 13.4. The summed E-state index contributed by atoms with van der Waals surface area (Å²) >= 11 is 5.34. The molecule has 4 nitrogen and oxygen atoms in total. The molecule has 2 aromatic carbocycles. The van der Waals surface area contributed by atoms with Crippen LogP contribution < -0.4 is 15.0 Å². The van der Waals surface area contributed by atoms with Crippen molar-refractivity contribution in [2.45, 2.75) is 13.8 Å². The van der Waals surface area contributed by atoms with Crippen LogP contribution >= 0.6 is 12.2 Å². The zero-order chi connectivity index (χ0) is 17.3. The zero-order valence-corrected chi connectivity index (χ0v) is 14.6. The third-order valence-electron chi connectivity index (χ3n) is 3.91. The number of thiocarbonyl (C=S) groups is 1. The number of anilines is 1. The highest BCUT2D eigenvalue weighted by Crippen LogP contribution is 2.26. The van der Waals surface area contributed by atoms with E-state index in [1.54, 1.807) is 13.2 Å². The van der Waals surface area contributed by atoms with Gasteiger partial charge in [-0.1, -0.05) is 29.8 Å². The van der Waals surface area contributed by atoms with Crippen LogP contribution in [0.1, 0.15) is 16.7 Å². The highest BCUT2D eigenvalue weighted by molar-refractivity contribution is 7.80. The number of carbonyl (C=O) groups is 1. The molecular weight excluding hydrogens is 320 g/mol. The van der Waals surface area contributed by atoms with Crippen molar-refractivity contribution in [1.29, 1.82) is 0 Å². The predicted octanol–water partition coefficient (Wildman–Crippen LogP) is 3.57. The Balaban J connectivity index is 1.95. The van der Waals surface area contributed by atoms with E-state index in [2.05, 4.69) is 11.4 Å². The number of nitrogens with one attached hydrogen (secondary N) is 1. The minimum absolute atomic E-state index is 0.173. The number of methoxy groups -OCH3 is 1. The van der Waals surface area contributed by atoms with Gasteiger partial charge in [-0.05, 0) is 55.4 Å². The van der Waals surface area contributed by atoms with Crippen LogP contribution in [0.5, 0.6) is 5.75 Å². The summed E-state index contributed by atoms with van der Waals surface area (Å²) in [6.45, 7) is 4.07. The molecule has 0 radical (unpaired) electrons. The second kappa shape index (κ2) is 6.45. The number of hydrogen-bond donors (Lipinski definition) is 1. The van der Waals surface area contributed by atoms with Gasteiger partial charge in [0, 0.05) is 6.07 Å². The minimum Gasteiger partial charge on any atom is -0.497 e. The van der Waals surface area contributed by atoms with Gasteiger partial charge in [-0.2, -0.15) is 0 Å². The topological polar surface area (TPSA) is 41.6 Å². The third-order valence-corrected chi connectivity index (χ3v) is 4.20. The number of hydrogen-bond acceptors (Lipinski definition) is 3. The van der Waals surface area contributed by atoms with Gasteiger partial charge in [0.05, 0.1) is 12.8 Å². The molecule has 0 aliphatic carbocycles. The third kappa shape index (κ3) is 3.03. The van der Waals surface area contributed by atoms with Crippen LogP contribution in [0.15, 0.2) is 48.2 Å². The molecule has 5 heteroatoms. The fourth-order valence-electron chi connectivity index (χ4n) is 2.66. The summed E-state index contributed by atoms with van der Waals surface area (Å²) in [4.78, 5) is 14.2. The maximum absolute atomic E-state index is 12.8. The van der Waals surface area contributed by atoms with Gasteiger partial charge in [0.15, 0.2) is 5.11 Å². The summed E-state index contributed by atoms with van der Waals surface area (Å²) in [5, 5.41) is 3.37. The molecule has 1 aliphatic heterocycles. The van der Waals surface area contributed by atoms with Crippen LogP contribution in [0, 0.1) is 13.8 Å². The summed E-state index contributed by atoms with van der Waals surface area (Å²) in [5.41, 5.74) is 4.44. The molecule has 0 atom stereocenters. The van der Waals surface area contributed by atoms with E-state index < -0.39 is 0 Å². The zero-order valence-electron chi connectivity index (χ0n) is 13.8. The Morgan fingerprint density at radius 3 is 2.67 bits per heavy atom. The van der Waals surface area contributed by atoms with Crippen molar-refractivity contribution in [3.63, 3.8) is 0 Å². The first-order valence-corrected chi connectivity index (χ1v) is 7.99. The van der Waals surface area contributed by atoms with Crippen LogP contribution in [0.3, 0.4) is 0 Å². The van der Waals surface area contributed by atoms with Gasteiger partial charge >= 0.3 is 0 Å². The molecule has 1 saturated heterocycles. The summed E-state index contributed by atoms with van der Waals surface area (Å²) in [5.74, 6) is 0.503. The normalized spacial score (nSPS) is 15.8. The maximum atomic E-state index is 12.8. The van der Waals surface area contributed by atoms with Crippen molar-refractivity contribution in [2.75, 3.05) is 12.0 Å². The van der Waals surface area contributed by atoms with Gasteiger partial charge in [-0.15, -0.1) is 0 Å². The van der Waals surface area contributed by atoms with Crippen molar-refractivity contribution < 1.29 is 9.53 Å². The maximum Gasteiger partial charge on any atom is 0.281 e. The van der Waals surface area contributed by atoms with Gasteiger partial charge in [0.25, 0.3) is 5.91 Å². The molecule has 1 aliphatic rings. The SMILES string of the molecule is COc1cccc(N2C(=O)/C(=C/c3ccc(C)cc3C)NC2=S)c1. The van der Waals surface area contributed by atoms with E-state index in [0.717, 1.165) is 11.1 Å². The van der Waals surface area contributed by atoms with Crippen LogP contribution in [-0.2, 0) is 4.79 Å². The number of rotatable bonds is 3. The molecular formula is C19H18N2O2S. The van der Waals surface area contributed by atoms with Gasteiger partial charge in [-0.25, -0.2) is 0 Å². The van der Waals surface area contributed by atoms with Gasteiger partial charge in [-0.3, -0.25) is 9.69 Å². The molecule has 1 heterocycles. The Morgan fingerprint density at radius 1 is 1.17 bits per heavy atom. The fourth-order valence-corrected chi connectivity index (χ4v) is 2.96. The fraction of sp³-hybridized carbons (Fsp3) is 0.158. The highest BCUT2D eigenvalue weighted by atomic mass is 32.1. The van der Waals surface area contributed by atoms with E-state index in [1.807, 2.05) is 50.3 Å². The lowest BCUT2D eigenvalue weighted by Gasteiger charge is -2.14. The average molecular weight is 338 g/mol. The molecule has 24 heavy (non-hydrogen) atoms. The van der Waals surface area contributed by atoms with Crippen molar-refractivity contribution >= 4 is 35.0 Å². The lowest BCUT2D eigenvalue weighted by atomic mass is 10.0. The first-order valence-electron chi connectivity index (χ1n) is 7.58. The Morgan fingerprint density at radius 2 is 1.96 bits per heavy atom. The van der Waals surface area contributed by atoms with Crippen molar-refractivity contribution in [2.24, 2.45) is 0 Å². The second-order valence-corrected chi connectivity index (χ2v) is 6.08. The number of aryl methyl sites for hydroxylation is 2. The van der Waals surface area contributed by atoms with Crippen molar-refractivity contribution in [3.8, 4) is 5.75 Å². The molecule has 0 unspecified atom stereocenters. The molecule has 1 amide bonds. The molecule has 2 aromatic rings. The molecule has 0 spiro atoms. The van der Waals surface area contributed by atoms with E-state index >= 15 is 0 Å².